The number of carbonyl (C=O) groups excluding carboxylic acids is 1. The monoisotopic (exact) mass is 456 g/mol. The maximum atomic E-state index is 13.2. The molecule has 32 heavy (non-hydrogen) atoms. The van der Waals surface area contributed by atoms with E-state index in [1.54, 1.807) is 23.7 Å². The Balaban J connectivity index is 1.41. The number of nitrogens with one attached hydrogen (secondary N) is 1. The van der Waals surface area contributed by atoms with E-state index in [0.717, 1.165) is 15.0 Å². The van der Waals surface area contributed by atoms with Crippen molar-refractivity contribution in [2.45, 2.75) is 26.3 Å². The molecule has 3 heterocycles. The summed E-state index contributed by atoms with van der Waals surface area (Å²) in [5.41, 5.74) is 1.27. The molecule has 0 aliphatic carbocycles. The van der Waals surface area contributed by atoms with Gasteiger partial charge in [0.05, 0.1) is 12.0 Å². The topological polar surface area (TPSA) is 104 Å². The van der Waals surface area contributed by atoms with Crippen molar-refractivity contribution >= 4 is 33.5 Å². The van der Waals surface area contributed by atoms with Crippen LogP contribution in [0.15, 0.2) is 40.2 Å². The molecule has 0 spiro atoms. The summed E-state index contributed by atoms with van der Waals surface area (Å²) < 4.78 is 17.2. The zero-order chi connectivity index (χ0) is 23.0. The lowest BCUT2D eigenvalue weighted by Gasteiger charge is -2.06. The molecule has 0 atom stereocenters. The largest absolute Gasteiger partial charge is 0.332 e. The van der Waals surface area contributed by atoms with Crippen LogP contribution in [-0.4, -0.2) is 29.6 Å². The molecule has 4 rings (SSSR count). The molecule has 4 aromatic rings. The molecule has 0 saturated carbocycles. The third kappa shape index (κ3) is 3.98. The minimum atomic E-state index is -0.439. The molecule has 9 nitrogen and oxygen atoms in total. The number of fused-ring (bicyclic) bond motifs is 1. The second kappa shape index (κ2) is 8.50. The van der Waals surface area contributed by atoms with E-state index in [9.17, 15) is 18.8 Å². The fraction of sp³-hybridized carbons (Fsp3) is 0.286. The molecule has 0 unspecified atom stereocenters. The van der Waals surface area contributed by atoms with E-state index in [1.165, 1.54) is 41.4 Å². The van der Waals surface area contributed by atoms with Crippen LogP contribution in [0.4, 0.5) is 9.52 Å². The highest BCUT2D eigenvalue weighted by Gasteiger charge is 2.15. The predicted molar refractivity (Wildman–Crippen MR) is 120 cm³/mol. The number of hydrogen-bond donors (Lipinski definition) is 1. The number of nitrogens with zero attached hydrogens (tertiary/aromatic N) is 5. The first kappa shape index (κ1) is 21.6. The van der Waals surface area contributed by atoms with Crippen LogP contribution < -0.4 is 16.6 Å². The maximum absolute atomic E-state index is 13.2. The highest BCUT2D eigenvalue weighted by atomic mass is 32.1. The van der Waals surface area contributed by atoms with E-state index in [0.29, 0.717) is 35.0 Å². The van der Waals surface area contributed by atoms with Crippen molar-refractivity contribution in [3.05, 3.63) is 62.1 Å². The lowest BCUT2D eigenvalue weighted by molar-refractivity contribution is -0.116. The van der Waals surface area contributed by atoms with Crippen LogP contribution >= 0.6 is 11.3 Å². The van der Waals surface area contributed by atoms with Crippen molar-refractivity contribution in [1.29, 1.82) is 0 Å². The summed E-state index contributed by atoms with van der Waals surface area (Å²) in [6.45, 7) is 2.29. The smallest absolute Gasteiger partial charge is 0.325 e. The second-order valence-corrected chi connectivity index (χ2v) is 8.60. The van der Waals surface area contributed by atoms with Crippen LogP contribution in [0.3, 0.4) is 0 Å². The number of anilines is 1. The fourth-order valence-electron chi connectivity index (χ4n) is 3.48. The van der Waals surface area contributed by atoms with Gasteiger partial charge >= 0.3 is 5.69 Å². The Hall–Kier alpha value is -3.60. The highest BCUT2D eigenvalue weighted by Crippen LogP contribution is 2.30. The molecule has 0 saturated heterocycles. The Bertz CT molecular complexity index is 1430. The van der Waals surface area contributed by atoms with Gasteiger partial charge < -0.3 is 9.88 Å². The quantitative estimate of drug-likeness (QED) is 0.480. The average Bonchev–Trinajstić information content (AvgIpc) is 3.35. The molecule has 0 aliphatic heterocycles. The summed E-state index contributed by atoms with van der Waals surface area (Å²) in [5, 5.41) is 3.27. The van der Waals surface area contributed by atoms with Gasteiger partial charge in [-0.15, -0.1) is 11.3 Å². The van der Waals surface area contributed by atoms with Gasteiger partial charge in [0.25, 0.3) is 5.56 Å². The van der Waals surface area contributed by atoms with Crippen molar-refractivity contribution in [3.63, 3.8) is 0 Å². The second-order valence-electron chi connectivity index (χ2n) is 7.40. The summed E-state index contributed by atoms with van der Waals surface area (Å²) in [4.78, 5) is 46.4. The first-order valence-corrected chi connectivity index (χ1v) is 10.7. The molecule has 0 radical (unpaired) electrons. The van der Waals surface area contributed by atoms with Crippen molar-refractivity contribution in [3.8, 4) is 11.3 Å². The van der Waals surface area contributed by atoms with Gasteiger partial charge in [-0.1, -0.05) is 0 Å². The molecular weight excluding hydrogens is 435 g/mol. The van der Waals surface area contributed by atoms with Gasteiger partial charge in [0.2, 0.25) is 5.91 Å². The van der Waals surface area contributed by atoms with E-state index in [1.807, 2.05) is 6.92 Å². The summed E-state index contributed by atoms with van der Waals surface area (Å²) >= 11 is 1.35. The molecule has 0 bridgehead atoms. The number of halogens is 1. The van der Waals surface area contributed by atoms with Crippen molar-refractivity contribution in [2.75, 3.05) is 5.32 Å². The number of imidazole rings is 1. The molecule has 0 aliphatic rings. The van der Waals surface area contributed by atoms with Gasteiger partial charge in [-0.2, -0.15) is 0 Å². The maximum Gasteiger partial charge on any atom is 0.332 e. The van der Waals surface area contributed by atoms with Crippen LogP contribution in [0.25, 0.3) is 22.4 Å². The highest BCUT2D eigenvalue weighted by molar-refractivity contribution is 7.16. The van der Waals surface area contributed by atoms with E-state index in [2.05, 4.69) is 15.3 Å². The van der Waals surface area contributed by atoms with Crippen LogP contribution in [0.5, 0.6) is 0 Å². The number of aromatic nitrogens is 5. The number of hydrogen-bond acceptors (Lipinski definition) is 6. The summed E-state index contributed by atoms with van der Waals surface area (Å²) in [5.74, 6) is -0.518. The molecule has 1 aromatic carbocycles. The Morgan fingerprint density at radius 1 is 1.16 bits per heavy atom. The van der Waals surface area contributed by atoms with Crippen LogP contribution in [0.1, 0.15) is 17.7 Å². The molecular formula is C21H21FN6O3S. The number of carbonyl (C=O) groups is 1. The molecule has 0 fully saturated rings. The lowest BCUT2D eigenvalue weighted by atomic mass is 10.1. The van der Waals surface area contributed by atoms with Gasteiger partial charge in [-0.3, -0.25) is 18.7 Å². The zero-order valence-corrected chi connectivity index (χ0v) is 18.6. The first-order chi connectivity index (χ1) is 15.3. The van der Waals surface area contributed by atoms with Crippen molar-refractivity contribution < 1.29 is 9.18 Å². The SMILES string of the molecule is Cc1sc(NC(=O)CCCn2cnc3c2c(=O)n(C)c(=O)n3C)nc1-c1ccc(F)cc1. The Kier molecular flexibility index (Phi) is 5.74. The minimum absolute atomic E-state index is 0.200. The van der Waals surface area contributed by atoms with E-state index in [-0.39, 0.29) is 18.1 Å². The van der Waals surface area contributed by atoms with Gasteiger partial charge in [-0.25, -0.2) is 19.2 Å². The normalized spacial score (nSPS) is 11.2. The molecule has 166 valence electrons. The molecule has 11 heteroatoms. The predicted octanol–water partition coefficient (Wildman–Crippen LogP) is 2.42. The average molecular weight is 457 g/mol. The van der Waals surface area contributed by atoms with Gasteiger partial charge in [-0.05, 0) is 37.6 Å². The molecule has 3 aromatic heterocycles. The standard InChI is InChI=1S/C21H21FN6O3S/c1-12-16(13-6-8-14(22)9-7-13)25-20(32-12)24-15(29)5-4-10-28-11-23-18-17(28)19(30)27(3)21(31)26(18)2/h6-9,11H,4-5,10H2,1-3H3,(H,24,25,29). The van der Waals surface area contributed by atoms with Crippen LogP contribution in [0.2, 0.25) is 0 Å². The van der Waals surface area contributed by atoms with E-state index in [4.69, 9.17) is 0 Å². The molecule has 1 amide bonds. The van der Waals surface area contributed by atoms with Crippen LogP contribution in [0, 0.1) is 12.7 Å². The third-order valence-corrected chi connectivity index (χ3v) is 6.07. The molecule has 1 N–H and O–H groups in total. The van der Waals surface area contributed by atoms with Gasteiger partial charge in [0.15, 0.2) is 16.3 Å². The summed E-state index contributed by atoms with van der Waals surface area (Å²) in [6.07, 6.45) is 2.19. The van der Waals surface area contributed by atoms with Gasteiger partial charge in [0, 0.05) is 37.5 Å². The van der Waals surface area contributed by atoms with Crippen molar-refractivity contribution in [1.82, 2.24) is 23.7 Å². The van der Waals surface area contributed by atoms with Gasteiger partial charge in [0.1, 0.15) is 5.82 Å². The Morgan fingerprint density at radius 3 is 2.59 bits per heavy atom. The number of aryl methyl sites for hydroxylation is 3. The Labute approximate surface area is 185 Å². The third-order valence-electron chi connectivity index (χ3n) is 5.18. The van der Waals surface area contributed by atoms with E-state index < -0.39 is 11.2 Å². The van der Waals surface area contributed by atoms with Crippen molar-refractivity contribution in [2.24, 2.45) is 14.1 Å². The number of benzene rings is 1. The fourth-order valence-corrected chi connectivity index (χ4v) is 4.34. The zero-order valence-electron chi connectivity index (χ0n) is 17.8. The number of thiazole rings is 1. The van der Waals surface area contributed by atoms with E-state index >= 15 is 0 Å². The number of rotatable bonds is 6. The van der Waals surface area contributed by atoms with Crippen LogP contribution in [-0.2, 0) is 25.4 Å². The minimum Gasteiger partial charge on any atom is -0.325 e. The lowest BCUT2D eigenvalue weighted by Crippen LogP contribution is -2.37. The Morgan fingerprint density at radius 2 is 1.88 bits per heavy atom. The summed E-state index contributed by atoms with van der Waals surface area (Å²) in [7, 11) is 2.98. The summed E-state index contributed by atoms with van der Waals surface area (Å²) in [6, 6.07) is 6.05. The number of amides is 1. The first-order valence-electron chi connectivity index (χ1n) is 9.90.